The number of fused-ring (bicyclic) bond motifs is 1. The van der Waals surface area contributed by atoms with Crippen LogP contribution in [0.2, 0.25) is 0 Å². The molecule has 3 heterocycles. The minimum Gasteiger partial charge on any atom is -0.454 e. The zero-order valence-electron chi connectivity index (χ0n) is 13.8. The fourth-order valence-corrected chi connectivity index (χ4v) is 2.36. The lowest BCUT2D eigenvalue weighted by molar-refractivity contribution is -0.146. The zero-order chi connectivity index (χ0) is 18.6. The summed E-state index contributed by atoms with van der Waals surface area (Å²) in [5.41, 5.74) is 0.715. The Labute approximate surface area is 151 Å². The van der Waals surface area contributed by atoms with Gasteiger partial charge in [0.15, 0.2) is 6.61 Å². The van der Waals surface area contributed by atoms with E-state index >= 15 is 0 Å². The summed E-state index contributed by atoms with van der Waals surface area (Å²) in [5, 5.41) is 11.8. The molecule has 0 radical (unpaired) electrons. The molecule has 0 fully saturated rings. The summed E-state index contributed by atoms with van der Waals surface area (Å²) in [6.45, 7) is -0.595. The van der Waals surface area contributed by atoms with E-state index < -0.39 is 11.5 Å². The predicted molar refractivity (Wildman–Crippen MR) is 91.1 cm³/mol. The van der Waals surface area contributed by atoms with E-state index in [-0.39, 0.29) is 19.0 Å². The quantitative estimate of drug-likeness (QED) is 0.476. The molecule has 0 atom stereocenters. The molecular formula is C17H12N6O4. The van der Waals surface area contributed by atoms with Crippen LogP contribution >= 0.6 is 0 Å². The van der Waals surface area contributed by atoms with Crippen molar-refractivity contribution >= 4 is 16.9 Å². The lowest BCUT2D eigenvalue weighted by atomic mass is 10.2. The Kier molecular flexibility index (Phi) is 4.35. The normalized spacial score (nSPS) is 10.8. The monoisotopic (exact) mass is 364 g/mol. The van der Waals surface area contributed by atoms with Crippen LogP contribution in [0.4, 0.5) is 0 Å². The molecule has 0 N–H and O–H groups in total. The number of carbonyl (C=O) groups excluding carboxylic acids is 1. The van der Waals surface area contributed by atoms with Gasteiger partial charge in [0.25, 0.3) is 11.4 Å². The van der Waals surface area contributed by atoms with E-state index in [9.17, 15) is 9.59 Å². The molecule has 3 aromatic heterocycles. The van der Waals surface area contributed by atoms with Gasteiger partial charge in [0.1, 0.15) is 12.1 Å². The number of esters is 1. The average molecular weight is 364 g/mol. The number of pyridine rings is 1. The smallest absolute Gasteiger partial charge is 0.328 e. The first kappa shape index (κ1) is 16.5. The van der Waals surface area contributed by atoms with Gasteiger partial charge >= 0.3 is 5.97 Å². The van der Waals surface area contributed by atoms with E-state index in [1.807, 2.05) is 0 Å². The van der Waals surface area contributed by atoms with Gasteiger partial charge in [-0.3, -0.25) is 14.6 Å². The molecule has 4 aromatic rings. The van der Waals surface area contributed by atoms with Crippen LogP contribution in [0, 0.1) is 0 Å². The number of hydrogen-bond donors (Lipinski definition) is 0. The van der Waals surface area contributed by atoms with E-state index in [0.717, 1.165) is 4.68 Å². The maximum absolute atomic E-state index is 12.3. The summed E-state index contributed by atoms with van der Waals surface area (Å²) < 4.78 is 11.1. The molecule has 0 aliphatic heterocycles. The maximum atomic E-state index is 12.3. The second kappa shape index (κ2) is 7.12. The van der Waals surface area contributed by atoms with Crippen LogP contribution in [-0.4, -0.2) is 36.1 Å². The van der Waals surface area contributed by atoms with Crippen LogP contribution in [0.25, 0.3) is 22.3 Å². The molecule has 0 amide bonds. The van der Waals surface area contributed by atoms with Crippen LogP contribution in [-0.2, 0) is 22.7 Å². The Bertz CT molecular complexity index is 1150. The zero-order valence-corrected chi connectivity index (χ0v) is 13.8. The molecule has 0 saturated carbocycles. The van der Waals surface area contributed by atoms with E-state index in [0.29, 0.717) is 22.3 Å². The van der Waals surface area contributed by atoms with E-state index in [2.05, 4.69) is 25.4 Å². The third kappa shape index (κ3) is 3.54. The number of rotatable bonds is 5. The Hall–Kier alpha value is -3.95. The van der Waals surface area contributed by atoms with Gasteiger partial charge in [-0.05, 0) is 24.3 Å². The van der Waals surface area contributed by atoms with Crippen molar-refractivity contribution in [2.45, 2.75) is 13.2 Å². The topological polar surface area (TPSA) is 126 Å². The van der Waals surface area contributed by atoms with Crippen molar-refractivity contribution in [2.75, 3.05) is 0 Å². The molecule has 0 bridgehead atoms. The van der Waals surface area contributed by atoms with Gasteiger partial charge in [-0.15, -0.1) is 5.10 Å². The van der Waals surface area contributed by atoms with Crippen molar-refractivity contribution in [1.29, 1.82) is 0 Å². The number of benzene rings is 1. The molecule has 4 rings (SSSR count). The molecule has 27 heavy (non-hydrogen) atoms. The SMILES string of the molecule is O=C(Cn1nnc2ccccc2c1=O)OCc1nc(-c2cccnc2)no1. The fraction of sp³-hybridized carbons (Fsp3) is 0.118. The summed E-state index contributed by atoms with van der Waals surface area (Å²) in [7, 11) is 0. The number of nitrogens with zero attached hydrogens (tertiary/aromatic N) is 6. The van der Waals surface area contributed by atoms with E-state index in [1.165, 1.54) is 0 Å². The lowest BCUT2D eigenvalue weighted by Crippen LogP contribution is -2.28. The second-order valence-electron chi connectivity index (χ2n) is 5.48. The van der Waals surface area contributed by atoms with E-state index in [4.69, 9.17) is 9.26 Å². The van der Waals surface area contributed by atoms with Crippen LogP contribution in [0.15, 0.2) is 58.1 Å². The van der Waals surface area contributed by atoms with Crippen molar-refractivity contribution in [2.24, 2.45) is 0 Å². The summed E-state index contributed by atoms with van der Waals surface area (Å²) in [6.07, 6.45) is 3.22. The van der Waals surface area contributed by atoms with Crippen LogP contribution < -0.4 is 5.56 Å². The van der Waals surface area contributed by atoms with Gasteiger partial charge < -0.3 is 9.26 Å². The van der Waals surface area contributed by atoms with Crippen LogP contribution in [0.5, 0.6) is 0 Å². The first-order valence-electron chi connectivity index (χ1n) is 7.92. The first-order valence-corrected chi connectivity index (χ1v) is 7.92. The van der Waals surface area contributed by atoms with Crippen LogP contribution in [0.3, 0.4) is 0 Å². The Morgan fingerprint density at radius 1 is 1.19 bits per heavy atom. The third-order valence-electron chi connectivity index (χ3n) is 3.65. The predicted octanol–water partition coefficient (Wildman–Crippen LogP) is 0.980. The molecule has 0 saturated heterocycles. The van der Waals surface area contributed by atoms with Crippen molar-refractivity contribution in [3.8, 4) is 11.4 Å². The van der Waals surface area contributed by atoms with Crippen molar-refractivity contribution in [1.82, 2.24) is 30.1 Å². The molecule has 0 unspecified atom stereocenters. The largest absolute Gasteiger partial charge is 0.454 e. The lowest BCUT2D eigenvalue weighted by Gasteiger charge is -2.04. The molecule has 1 aromatic carbocycles. The van der Waals surface area contributed by atoms with Gasteiger partial charge in [-0.25, -0.2) is 0 Å². The minimum atomic E-state index is -0.678. The van der Waals surface area contributed by atoms with Gasteiger partial charge in [0, 0.05) is 18.0 Å². The van der Waals surface area contributed by atoms with Crippen molar-refractivity contribution < 1.29 is 14.1 Å². The highest BCUT2D eigenvalue weighted by Crippen LogP contribution is 2.14. The molecule has 10 nitrogen and oxygen atoms in total. The summed E-state index contributed by atoms with van der Waals surface area (Å²) in [4.78, 5) is 32.4. The van der Waals surface area contributed by atoms with Gasteiger partial charge in [-0.2, -0.15) is 9.67 Å². The average Bonchev–Trinajstić information content (AvgIpc) is 3.19. The first-order chi connectivity index (χ1) is 13.2. The Morgan fingerprint density at radius 3 is 2.93 bits per heavy atom. The second-order valence-corrected chi connectivity index (χ2v) is 5.48. The maximum Gasteiger partial charge on any atom is 0.328 e. The summed E-state index contributed by atoms with van der Waals surface area (Å²) >= 11 is 0. The molecule has 0 spiro atoms. The fourth-order valence-electron chi connectivity index (χ4n) is 2.36. The highest BCUT2D eigenvalue weighted by Gasteiger charge is 2.13. The molecule has 0 aliphatic rings. The summed E-state index contributed by atoms with van der Waals surface area (Å²) in [6, 6.07) is 10.3. The highest BCUT2D eigenvalue weighted by atomic mass is 16.6. The molecule has 134 valence electrons. The Balaban J connectivity index is 1.41. The van der Waals surface area contributed by atoms with Gasteiger partial charge in [0.2, 0.25) is 5.82 Å². The standard InChI is InChI=1S/C17H12N6O4/c24-15(9-23-17(25)12-5-1-2-6-13(12)20-22-23)26-10-14-19-16(21-27-14)11-4-3-7-18-8-11/h1-8H,9-10H2. The number of carbonyl (C=O) groups is 1. The van der Waals surface area contributed by atoms with Crippen LogP contribution in [0.1, 0.15) is 5.89 Å². The third-order valence-corrected chi connectivity index (χ3v) is 3.65. The number of hydrogen-bond acceptors (Lipinski definition) is 9. The highest BCUT2D eigenvalue weighted by molar-refractivity contribution is 5.77. The van der Waals surface area contributed by atoms with Gasteiger partial charge in [0.05, 0.1) is 5.39 Å². The Morgan fingerprint density at radius 2 is 2.07 bits per heavy atom. The minimum absolute atomic E-state index is 0.124. The number of aromatic nitrogens is 6. The van der Waals surface area contributed by atoms with Crippen molar-refractivity contribution in [3.63, 3.8) is 0 Å². The van der Waals surface area contributed by atoms with Crippen molar-refractivity contribution in [3.05, 3.63) is 65.0 Å². The number of ether oxygens (including phenoxy) is 1. The van der Waals surface area contributed by atoms with E-state index in [1.54, 1.807) is 48.8 Å². The molecule has 10 heteroatoms. The van der Waals surface area contributed by atoms with Gasteiger partial charge in [-0.1, -0.05) is 22.5 Å². The molecular weight excluding hydrogens is 352 g/mol. The summed E-state index contributed by atoms with van der Waals surface area (Å²) in [5.74, 6) is -0.215. The molecule has 0 aliphatic carbocycles.